The van der Waals surface area contributed by atoms with Crippen LogP contribution in [0.25, 0.3) is 0 Å². The number of amides is 2. The molecule has 2 amide bonds. The Labute approximate surface area is 155 Å². The van der Waals surface area contributed by atoms with Crippen LogP contribution in [0.3, 0.4) is 0 Å². The second-order valence-corrected chi connectivity index (χ2v) is 7.33. The van der Waals surface area contributed by atoms with Crippen LogP contribution in [0.5, 0.6) is 0 Å². The first kappa shape index (κ1) is 21.4. The Morgan fingerprint density at radius 2 is 1.80 bits per heavy atom. The highest BCUT2D eigenvalue weighted by Crippen LogP contribution is 2.13. The molecule has 1 heterocycles. The van der Waals surface area contributed by atoms with Crippen LogP contribution in [0.4, 0.5) is 0 Å². The normalized spacial score (nSPS) is 19.8. The molecule has 0 spiro atoms. The summed E-state index contributed by atoms with van der Waals surface area (Å²) in [6, 6.07) is 7.17. The zero-order chi connectivity index (χ0) is 17.7. The highest BCUT2D eigenvalue weighted by Gasteiger charge is 2.25. The van der Waals surface area contributed by atoms with Gasteiger partial charge in [0.2, 0.25) is 5.91 Å². The first-order valence-electron chi connectivity index (χ1n) is 8.31. The van der Waals surface area contributed by atoms with Gasteiger partial charge in [0.15, 0.2) is 0 Å². The Kier molecular flexibility index (Phi) is 7.86. The molecule has 1 aliphatic heterocycles. The van der Waals surface area contributed by atoms with Gasteiger partial charge in [-0.25, -0.2) is 0 Å². The van der Waals surface area contributed by atoms with E-state index in [9.17, 15) is 14.7 Å². The Hall–Kier alpha value is -1.63. The number of benzene rings is 1. The summed E-state index contributed by atoms with van der Waals surface area (Å²) in [6.07, 6.45) is -0.404. The zero-order valence-electron chi connectivity index (χ0n) is 15.0. The SMILES string of the molecule is CC(C)(C)C(=O)NCc1ccc(C(=O)NCC2CNCC2O)cc1.Cl. The fraction of sp³-hybridized carbons (Fsp3) is 0.556. The van der Waals surface area contributed by atoms with E-state index in [1.54, 1.807) is 12.1 Å². The standard InChI is InChI=1S/C18H27N3O3.ClH/c1-18(2,3)17(24)21-8-12-4-6-13(7-5-12)16(23)20-10-14-9-19-11-15(14)22;/h4-7,14-15,19,22H,8-11H2,1-3H3,(H,20,23)(H,21,24);1H. The maximum Gasteiger partial charge on any atom is 0.251 e. The molecule has 7 heteroatoms. The summed E-state index contributed by atoms with van der Waals surface area (Å²) in [6.45, 7) is 7.80. The lowest BCUT2D eigenvalue weighted by Crippen LogP contribution is -2.34. The van der Waals surface area contributed by atoms with Gasteiger partial charge in [-0.3, -0.25) is 9.59 Å². The molecular formula is C18H28ClN3O3. The van der Waals surface area contributed by atoms with E-state index in [-0.39, 0.29) is 30.1 Å². The molecule has 0 aliphatic carbocycles. The summed E-state index contributed by atoms with van der Waals surface area (Å²) in [5.74, 6) is -0.103. The molecule has 1 aromatic carbocycles. The molecule has 2 atom stereocenters. The van der Waals surface area contributed by atoms with E-state index in [0.29, 0.717) is 31.7 Å². The number of hydrogen-bond acceptors (Lipinski definition) is 4. The van der Waals surface area contributed by atoms with Crippen molar-refractivity contribution in [2.24, 2.45) is 11.3 Å². The van der Waals surface area contributed by atoms with E-state index in [4.69, 9.17) is 0 Å². The second kappa shape index (κ2) is 9.17. The van der Waals surface area contributed by atoms with Gasteiger partial charge in [-0.15, -0.1) is 12.4 Å². The van der Waals surface area contributed by atoms with Gasteiger partial charge in [-0.2, -0.15) is 0 Å². The molecule has 25 heavy (non-hydrogen) atoms. The molecule has 0 saturated carbocycles. The summed E-state index contributed by atoms with van der Waals surface area (Å²) in [7, 11) is 0. The number of β-amino-alcohol motifs (C(OH)–C–C–N with tert-alkyl or cyclic N) is 1. The van der Waals surface area contributed by atoms with Crippen molar-refractivity contribution in [1.29, 1.82) is 0 Å². The van der Waals surface area contributed by atoms with Crippen molar-refractivity contribution >= 4 is 24.2 Å². The smallest absolute Gasteiger partial charge is 0.251 e. The summed E-state index contributed by atoms with van der Waals surface area (Å²) in [5, 5.41) is 18.5. The summed E-state index contributed by atoms with van der Waals surface area (Å²) < 4.78 is 0. The lowest BCUT2D eigenvalue weighted by molar-refractivity contribution is -0.128. The quantitative estimate of drug-likeness (QED) is 0.625. The molecule has 1 aliphatic rings. The maximum atomic E-state index is 12.1. The third-order valence-corrected chi connectivity index (χ3v) is 4.18. The van der Waals surface area contributed by atoms with Gasteiger partial charge in [0.05, 0.1) is 6.10 Å². The van der Waals surface area contributed by atoms with E-state index in [2.05, 4.69) is 16.0 Å². The Balaban J connectivity index is 0.00000312. The number of carbonyl (C=O) groups is 2. The van der Waals surface area contributed by atoms with Gasteiger partial charge < -0.3 is 21.1 Å². The first-order valence-corrected chi connectivity index (χ1v) is 8.31. The molecule has 2 unspecified atom stereocenters. The van der Waals surface area contributed by atoms with E-state index < -0.39 is 11.5 Å². The molecule has 140 valence electrons. The van der Waals surface area contributed by atoms with Crippen LogP contribution < -0.4 is 16.0 Å². The lowest BCUT2D eigenvalue weighted by atomic mass is 9.95. The molecule has 0 bridgehead atoms. The number of carbonyl (C=O) groups excluding carboxylic acids is 2. The van der Waals surface area contributed by atoms with E-state index in [1.165, 1.54) is 0 Å². The van der Waals surface area contributed by atoms with Crippen LogP contribution in [0.2, 0.25) is 0 Å². The van der Waals surface area contributed by atoms with Crippen molar-refractivity contribution in [2.75, 3.05) is 19.6 Å². The van der Waals surface area contributed by atoms with Crippen molar-refractivity contribution < 1.29 is 14.7 Å². The number of aliphatic hydroxyl groups excluding tert-OH is 1. The van der Waals surface area contributed by atoms with Crippen LogP contribution in [0.15, 0.2) is 24.3 Å². The van der Waals surface area contributed by atoms with Gasteiger partial charge in [0.1, 0.15) is 0 Å². The molecule has 1 fully saturated rings. The van der Waals surface area contributed by atoms with Gasteiger partial charge in [-0.1, -0.05) is 32.9 Å². The van der Waals surface area contributed by atoms with Crippen LogP contribution in [-0.4, -0.2) is 42.7 Å². The van der Waals surface area contributed by atoms with Crippen molar-refractivity contribution in [1.82, 2.24) is 16.0 Å². The lowest BCUT2D eigenvalue weighted by Gasteiger charge is -2.17. The minimum absolute atomic E-state index is 0. The average Bonchev–Trinajstić information content (AvgIpc) is 2.95. The van der Waals surface area contributed by atoms with Gasteiger partial charge in [-0.05, 0) is 17.7 Å². The number of nitrogens with one attached hydrogen (secondary N) is 3. The number of halogens is 1. The summed E-state index contributed by atoms with van der Waals surface area (Å²) >= 11 is 0. The minimum Gasteiger partial charge on any atom is -0.391 e. The highest BCUT2D eigenvalue weighted by molar-refractivity contribution is 5.94. The molecule has 2 rings (SSSR count). The highest BCUT2D eigenvalue weighted by atomic mass is 35.5. The third-order valence-electron chi connectivity index (χ3n) is 4.18. The summed E-state index contributed by atoms with van der Waals surface area (Å²) in [5.41, 5.74) is 1.10. The molecule has 1 aromatic rings. The van der Waals surface area contributed by atoms with E-state index in [1.807, 2.05) is 32.9 Å². The van der Waals surface area contributed by atoms with E-state index in [0.717, 1.165) is 5.56 Å². The van der Waals surface area contributed by atoms with Crippen LogP contribution >= 0.6 is 12.4 Å². The Morgan fingerprint density at radius 1 is 1.16 bits per heavy atom. The molecule has 0 aromatic heterocycles. The predicted octanol–water partition coefficient (Wildman–Crippen LogP) is 1.08. The zero-order valence-corrected chi connectivity index (χ0v) is 15.8. The Morgan fingerprint density at radius 3 is 2.32 bits per heavy atom. The average molecular weight is 370 g/mol. The van der Waals surface area contributed by atoms with Crippen molar-refractivity contribution in [3.05, 3.63) is 35.4 Å². The number of hydrogen-bond donors (Lipinski definition) is 4. The molecule has 0 radical (unpaired) electrons. The molecule has 1 saturated heterocycles. The number of aliphatic hydroxyl groups is 1. The van der Waals surface area contributed by atoms with Crippen molar-refractivity contribution in [2.45, 2.75) is 33.4 Å². The largest absolute Gasteiger partial charge is 0.391 e. The topological polar surface area (TPSA) is 90.5 Å². The fourth-order valence-corrected chi connectivity index (χ4v) is 2.47. The minimum atomic E-state index is -0.417. The fourth-order valence-electron chi connectivity index (χ4n) is 2.47. The van der Waals surface area contributed by atoms with Gasteiger partial charge >= 0.3 is 0 Å². The van der Waals surface area contributed by atoms with Gasteiger partial charge in [0.25, 0.3) is 5.91 Å². The maximum absolute atomic E-state index is 12.1. The van der Waals surface area contributed by atoms with Crippen LogP contribution in [0, 0.1) is 11.3 Å². The molecule has 4 N–H and O–H groups in total. The van der Waals surface area contributed by atoms with Gasteiger partial charge in [0, 0.05) is 43.1 Å². The predicted molar refractivity (Wildman–Crippen MR) is 99.7 cm³/mol. The summed E-state index contributed by atoms with van der Waals surface area (Å²) in [4.78, 5) is 24.0. The van der Waals surface area contributed by atoms with E-state index >= 15 is 0 Å². The van der Waals surface area contributed by atoms with Crippen molar-refractivity contribution in [3.63, 3.8) is 0 Å². The number of rotatable bonds is 5. The van der Waals surface area contributed by atoms with Crippen LogP contribution in [-0.2, 0) is 11.3 Å². The van der Waals surface area contributed by atoms with Crippen LogP contribution in [0.1, 0.15) is 36.7 Å². The monoisotopic (exact) mass is 369 g/mol. The van der Waals surface area contributed by atoms with Crippen molar-refractivity contribution in [3.8, 4) is 0 Å². The second-order valence-electron chi connectivity index (χ2n) is 7.33. The third kappa shape index (κ3) is 6.30. The molecule has 6 nitrogen and oxygen atoms in total. The molecular weight excluding hydrogens is 342 g/mol. The first-order chi connectivity index (χ1) is 11.3. The Bertz CT molecular complexity index is 584.